The van der Waals surface area contributed by atoms with Crippen LogP contribution in [-0.2, 0) is 19.3 Å². The number of nitrogen functional groups attached to an aromatic ring is 1. The maximum atomic E-state index is 6.25. The molecule has 1 aromatic heterocycles. The molecule has 0 radical (unpaired) electrons. The molecule has 0 aliphatic carbocycles. The summed E-state index contributed by atoms with van der Waals surface area (Å²) in [5.74, 6) is 1.93. The van der Waals surface area contributed by atoms with E-state index >= 15 is 0 Å². The number of hydrogen-bond donors (Lipinski definition) is 1. The van der Waals surface area contributed by atoms with Gasteiger partial charge < -0.3 is 10.3 Å². The Balaban J connectivity index is 2.17. The van der Waals surface area contributed by atoms with E-state index in [1.165, 1.54) is 5.56 Å². The summed E-state index contributed by atoms with van der Waals surface area (Å²) in [6.45, 7) is 6.43. The number of benzene rings is 1. The normalized spacial score (nSPS) is 11.2. The molecule has 102 valence electrons. The van der Waals surface area contributed by atoms with Crippen molar-refractivity contribution in [2.75, 3.05) is 5.73 Å². The van der Waals surface area contributed by atoms with Crippen LogP contribution in [0.1, 0.15) is 43.9 Å². The minimum absolute atomic E-state index is 0.368. The minimum Gasteiger partial charge on any atom is -0.384 e. The monoisotopic (exact) mass is 257 g/mol. The third-order valence-corrected chi connectivity index (χ3v) is 3.42. The van der Waals surface area contributed by atoms with Crippen LogP contribution in [0.25, 0.3) is 0 Å². The van der Waals surface area contributed by atoms with Crippen LogP contribution in [0.3, 0.4) is 0 Å². The zero-order chi connectivity index (χ0) is 13.8. The van der Waals surface area contributed by atoms with Crippen molar-refractivity contribution in [3.05, 3.63) is 47.4 Å². The van der Waals surface area contributed by atoms with Gasteiger partial charge in [0.15, 0.2) is 0 Å². The molecule has 0 fully saturated rings. The SMILES string of the molecule is CCc1nc(CCc2ccccc2)c(N)n1C(C)C. The third-order valence-electron chi connectivity index (χ3n) is 3.42. The summed E-state index contributed by atoms with van der Waals surface area (Å²) in [5, 5.41) is 0. The van der Waals surface area contributed by atoms with E-state index in [4.69, 9.17) is 10.7 Å². The molecule has 3 heteroatoms. The first-order chi connectivity index (χ1) is 9.13. The number of hydrogen-bond acceptors (Lipinski definition) is 2. The second-order valence-corrected chi connectivity index (χ2v) is 5.16. The molecule has 19 heavy (non-hydrogen) atoms. The van der Waals surface area contributed by atoms with Crippen LogP contribution in [0.5, 0.6) is 0 Å². The van der Waals surface area contributed by atoms with Gasteiger partial charge in [-0.05, 0) is 32.3 Å². The maximum Gasteiger partial charge on any atom is 0.127 e. The van der Waals surface area contributed by atoms with Crippen molar-refractivity contribution in [3.8, 4) is 0 Å². The lowest BCUT2D eigenvalue weighted by Crippen LogP contribution is -2.09. The molecule has 0 saturated heterocycles. The van der Waals surface area contributed by atoms with Crippen LogP contribution in [0, 0.1) is 0 Å². The van der Waals surface area contributed by atoms with E-state index in [0.717, 1.165) is 36.6 Å². The van der Waals surface area contributed by atoms with Gasteiger partial charge in [0.2, 0.25) is 0 Å². The van der Waals surface area contributed by atoms with Crippen molar-refractivity contribution < 1.29 is 0 Å². The molecule has 0 aliphatic heterocycles. The van der Waals surface area contributed by atoms with Gasteiger partial charge in [0, 0.05) is 12.5 Å². The van der Waals surface area contributed by atoms with E-state index in [-0.39, 0.29) is 0 Å². The van der Waals surface area contributed by atoms with E-state index in [2.05, 4.69) is 49.6 Å². The van der Waals surface area contributed by atoms with Gasteiger partial charge in [-0.25, -0.2) is 4.98 Å². The highest BCUT2D eigenvalue weighted by Crippen LogP contribution is 2.22. The number of nitrogens with zero attached hydrogens (tertiary/aromatic N) is 2. The van der Waals surface area contributed by atoms with E-state index in [1.807, 2.05) is 6.07 Å². The molecule has 2 aromatic rings. The summed E-state index contributed by atoms with van der Waals surface area (Å²) >= 11 is 0. The fraction of sp³-hybridized carbons (Fsp3) is 0.438. The van der Waals surface area contributed by atoms with Gasteiger partial charge in [0.1, 0.15) is 11.6 Å². The molecule has 1 aromatic carbocycles. The molecular formula is C16H23N3. The van der Waals surface area contributed by atoms with Crippen molar-refractivity contribution in [1.29, 1.82) is 0 Å². The molecule has 0 amide bonds. The molecule has 3 nitrogen and oxygen atoms in total. The van der Waals surface area contributed by atoms with Crippen LogP contribution in [0.15, 0.2) is 30.3 Å². The number of anilines is 1. The molecule has 0 atom stereocenters. The molecular weight excluding hydrogens is 234 g/mol. The summed E-state index contributed by atoms with van der Waals surface area (Å²) < 4.78 is 2.15. The lowest BCUT2D eigenvalue weighted by Gasteiger charge is -2.12. The summed E-state index contributed by atoms with van der Waals surface area (Å²) in [4.78, 5) is 4.70. The van der Waals surface area contributed by atoms with Gasteiger partial charge in [0.25, 0.3) is 0 Å². The Labute approximate surface area is 115 Å². The Morgan fingerprint density at radius 3 is 2.37 bits per heavy atom. The Bertz CT molecular complexity index is 526. The molecule has 2 rings (SSSR count). The average Bonchev–Trinajstić information content (AvgIpc) is 2.74. The van der Waals surface area contributed by atoms with Gasteiger partial charge in [-0.15, -0.1) is 0 Å². The largest absolute Gasteiger partial charge is 0.384 e. The Kier molecular flexibility index (Phi) is 4.25. The molecule has 0 spiro atoms. The quantitative estimate of drug-likeness (QED) is 0.892. The number of imidazole rings is 1. The molecule has 1 heterocycles. The molecule has 0 bridgehead atoms. The van der Waals surface area contributed by atoms with Crippen molar-refractivity contribution in [1.82, 2.24) is 9.55 Å². The smallest absolute Gasteiger partial charge is 0.127 e. The first kappa shape index (κ1) is 13.7. The van der Waals surface area contributed by atoms with E-state index in [0.29, 0.717) is 6.04 Å². The van der Waals surface area contributed by atoms with Crippen LogP contribution in [0.4, 0.5) is 5.82 Å². The van der Waals surface area contributed by atoms with Crippen molar-refractivity contribution in [2.24, 2.45) is 0 Å². The second-order valence-electron chi connectivity index (χ2n) is 5.16. The predicted molar refractivity (Wildman–Crippen MR) is 80.3 cm³/mol. The molecule has 2 N–H and O–H groups in total. The van der Waals surface area contributed by atoms with Crippen LogP contribution >= 0.6 is 0 Å². The molecule has 0 saturated carbocycles. The van der Waals surface area contributed by atoms with E-state index in [1.54, 1.807) is 0 Å². The zero-order valence-electron chi connectivity index (χ0n) is 12.1. The molecule has 0 unspecified atom stereocenters. The Morgan fingerprint density at radius 1 is 1.16 bits per heavy atom. The predicted octanol–water partition coefficient (Wildman–Crippen LogP) is 3.39. The summed E-state index contributed by atoms with van der Waals surface area (Å²) in [6.07, 6.45) is 2.82. The highest BCUT2D eigenvalue weighted by molar-refractivity contribution is 5.39. The zero-order valence-corrected chi connectivity index (χ0v) is 12.1. The van der Waals surface area contributed by atoms with Gasteiger partial charge in [0.05, 0.1) is 5.69 Å². The standard InChI is InChI=1S/C16H23N3/c1-4-15-18-14(16(17)19(15)12(2)3)11-10-13-8-6-5-7-9-13/h5-9,12H,4,10-11,17H2,1-3H3. The Hall–Kier alpha value is -1.77. The lowest BCUT2D eigenvalue weighted by molar-refractivity contribution is 0.579. The fourth-order valence-electron chi connectivity index (χ4n) is 2.46. The molecule has 0 aliphatic rings. The Morgan fingerprint density at radius 2 is 1.84 bits per heavy atom. The number of nitrogens with two attached hydrogens (primary N) is 1. The first-order valence-electron chi connectivity index (χ1n) is 7.02. The summed E-state index contributed by atoms with van der Waals surface area (Å²) in [5.41, 5.74) is 8.61. The van der Waals surface area contributed by atoms with Crippen LogP contribution < -0.4 is 5.73 Å². The van der Waals surface area contributed by atoms with Gasteiger partial charge in [-0.2, -0.15) is 0 Å². The van der Waals surface area contributed by atoms with Crippen molar-refractivity contribution in [2.45, 2.75) is 46.1 Å². The van der Waals surface area contributed by atoms with Gasteiger partial charge >= 0.3 is 0 Å². The van der Waals surface area contributed by atoms with Crippen LogP contribution in [-0.4, -0.2) is 9.55 Å². The summed E-state index contributed by atoms with van der Waals surface area (Å²) in [6, 6.07) is 10.9. The van der Waals surface area contributed by atoms with Gasteiger partial charge in [-0.1, -0.05) is 37.3 Å². The number of rotatable bonds is 5. The highest BCUT2D eigenvalue weighted by Gasteiger charge is 2.15. The van der Waals surface area contributed by atoms with Crippen LogP contribution in [0.2, 0.25) is 0 Å². The second kappa shape index (κ2) is 5.91. The topological polar surface area (TPSA) is 43.8 Å². The van der Waals surface area contributed by atoms with Crippen molar-refractivity contribution >= 4 is 5.82 Å². The maximum absolute atomic E-state index is 6.25. The van der Waals surface area contributed by atoms with E-state index < -0.39 is 0 Å². The first-order valence-corrected chi connectivity index (χ1v) is 7.02. The van der Waals surface area contributed by atoms with Gasteiger partial charge in [-0.3, -0.25) is 0 Å². The average molecular weight is 257 g/mol. The minimum atomic E-state index is 0.368. The number of aryl methyl sites for hydroxylation is 3. The highest BCUT2D eigenvalue weighted by atomic mass is 15.2. The fourth-order valence-corrected chi connectivity index (χ4v) is 2.46. The number of aromatic nitrogens is 2. The summed E-state index contributed by atoms with van der Waals surface area (Å²) in [7, 11) is 0. The third kappa shape index (κ3) is 2.98. The lowest BCUT2D eigenvalue weighted by atomic mass is 10.1. The van der Waals surface area contributed by atoms with Crippen molar-refractivity contribution in [3.63, 3.8) is 0 Å². The van der Waals surface area contributed by atoms with E-state index in [9.17, 15) is 0 Å².